The third-order valence-electron chi connectivity index (χ3n) is 4.10. The van der Waals surface area contributed by atoms with Crippen LogP contribution in [0, 0.1) is 0 Å². The third-order valence-corrected chi connectivity index (χ3v) is 4.10. The first kappa shape index (κ1) is 22.1. The summed E-state index contributed by atoms with van der Waals surface area (Å²) >= 11 is 0. The van der Waals surface area contributed by atoms with Crippen LogP contribution in [-0.4, -0.2) is 44.7 Å². The van der Waals surface area contributed by atoms with Crippen molar-refractivity contribution in [2.45, 2.75) is 58.0 Å². The van der Waals surface area contributed by atoms with E-state index in [4.69, 9.17) is 14.2 Å². The molecule has 0 spiro atoms. The van der Waals surface area contributed by atoms with E-state index in [0.29, 0.717) is 33.0 Å². The van der Waals surface area contributed by atoms with Crippen LogP contribution in [0.15, 0.2) is 30.3 Å². The Morgan fingerprint density at radius 2 is 1.28 bits per heavy atom. The molecular formula is C21H36O4. The van der Waals surface area contributed by atoms with Crippen LogP contribution in [0.4, 0.5) is 0 Å². The highest BCUT2D eigenvalue weighted by molar-refractivity contribution is 5.17. The van der Waals surface area contributed by atoms with Gasteiger partial charge in [-0.1, -0.05) is 75.8 Å². The number of hydrogen-bond donors (Lipinski definition) is 1. The molecule has 1 aromatic carbocycles. The van der Waals surface area contributed by atoms with Crippen molar-refractivity contribution in [3.8, 4) is 0 Å². The molecule has 0 aliphatic rings. The molecule has 4 nitrogen and oxygen atoms in total. The summed E-state index contributed by atoms with van der Waals surface area (Å²) in [7, 11) is 0. The van der Waals surface area contributed by atoms with E-state index in [1.807, 2.05) is 30.3 Å². The summed E-state index contributed by atoms with van der Waals surface area (Å²) in [6.07, 6.45) is 8.56. The van der Waals surface area contributed by atoms with E-state index in [-0.39, 0.29) is 0 Å². The van der Waals surface area contributed by atoms with Gasteiger partial charge >= 0.3 is 0 Å². The molecule has 0 aromatic heterocycles. The molecule has 4 heteroatoms. The van der Waals surface area contributed by atoms with Crippen molar-refractivity contribution in [1.29, 1.82) is 0 Å². The highest BCUT2D eigenvalue weighted by atomic mass is 16.5. The van der Waals surface area contributed by atoms with E-state index in [2.05, 4.69) is 6.92 Å². The van der Waals surface area contributed by atoms with Gasteiger partial charge in [0.15, 0.2) is 0 Å². The number of ether oxygens (including phenoxy) is 3. The van der Waals surface area contributed by atoms with Crippen molar-refractivity contribution in [1.82, 2.24) is 0 Å². The maximum absolute atomic E-state index is 9.94. The first-order chi connectivity index (χ1) is 12.3. The number of aliphatic hydroxyl groups excluding tert-OH is 1. The lowest BCUT2D eigenvalue weighted by Gasteiger charge is -2.11. The number of hydrogen-bond acceptors (Lipinski definition) is 4. The van der Waals surface area contributed by atoms with E-state index in [1.165, 1.54) is 38.5 Å². The van der Waals surface area contributed by atoms with Crippen LogP contribution in [0.2, 0.25) is 0 Å². The van der Waals surface area contributed by atoms with Gasteiger partial charge in [0.25, 0.3) is 0 Å². The van der Waals surface area contributed by atoms with Crippen LogP contribution in [0.3, 0.4) is 0 Å². The molecular weight excluding hydrogens is 316 g/mol. The molecule has 0 saturated carbocycles. The lowest BCUT2D eigenvalue weighted by Crippen LogP contribution is -2.13. The first-order valence-electron chi connectivity index (χ1n) is 9.80. The van der Waals surface area contributed by atoms with E-state index < -0.39 is 6.10 Å². The van der Waals surface area contributed by atoms with Gasteiger partial charge in [0, 0.05) is 6.61 Å². The van der Waals surface area contributed by atoms with E-state index >= 15 is 0 Å². The second kappa shape index (κ2) is 16.5. The summed E-state index contributed by atoms with van der Waals surface area (Å²) in [5.41, 5.74) is 0.877. The predicted molar refractivity (Wildman–Crippen MR) is 102 cm³/mol. The minimum atomic E-state index is -0.577. The van der Waals surface area contributed by atoms with E-state index in [1.54, 1.807) is 0 Å². The van der Waals surface area contributed by atoms with Gasteiger partial charge in [-0.25, -0.2) is 0 Å². The quantitative estimate of drug-likeness (QED) is 0.419. The molecule has 0 saturated heterocycles. The topological polar surface area (TPSA) is 47.9 Å². The van der Waals surface area contributed by atoms with Crippen molar-refractivity contribution in [3.63, 3.8) is 0 Å². The average molecular weight is 353 g/mol. The molecule has 144 valence electrons. The largest absolute Gasteiger partial charge is 0.386 e. The Balaban J connectivity index is 1.77. The standard InChI is InChI=1S/C21H36O4/c1-2-3-4-5-6-7-11-14-23-15-16-24-17-18-25-19-21(22)20-12-9-8-10-13-20/h8-10,12-13,21-22H,2-7,11,14-19H2,1H3. The minimum absolute atomic E-state index is 0.294. The second-order valence-corrected chi connectivity index (χ2v) is 6.35. The zero-order valence-corrected chi connectivity index (χ0v) is 15.8. The summed E-state index contributed by atoms with van der Waals surface area (Å²) in [6, 6.07) is 9.54. The third kappa shape index (κ3) is 13.0. The van der Waals surface area contributed by atoms with Crippen LogP contribution in [0.1, 0.15) is 63.5 Å². The normalized spacial score (nSPS) is 12.4. The predicted octanol–water partition coefficient (Wildman–Crippen LogP) is 4.52. The van der Waals surface area contributed by atoms with Crippen LogP contribution in [0.5, 0.6) is 0 Å². The second-order valence-electron chi connectivity index (χ2n) is 6.35. The van der Waals surface area contributed by atoms with E-state index in [9.17, 15) is 5.11 Å². The van der Waals surface area contributed by atoms with Crippen molar-refractivity contribution in [2.75, 3.05) is 39.6 Å². The molecule has 0 fully saturated rings. The van der Waals surface area contributed by atoms with Gasteiger partial charge in [-0.2, -0.15) is 0 Å². The highest BCUT2D eigenvalue weighted by Gasteiger charge is 2.06. The molecule has 0 aliphatic heterocycles. The van der Waals surface area contributed by atoms with Crippen molar-refractivity contribution in [3.05, 3.63) is 35.9 Å². The van der Waals surface area contributed by atoms with Gasteiger partial charge in [0.05, 0.1) is 33.0 Å². The van der Waals surface area contributed by atoms with Crippen LogP contribution in [0.25, 0.3) is 0 Å². The SMILES string of the molecule is CCCCCCCCCOCCOCCOCC(O)c1ccccc1. The molecule has 1 aromatic rings. The Labute approximate surface area is 153 Å². The lowest BCUT2D eigenvalue weighted by molar-refractivity contribution is -0.0105. The minimum Gasteiger partial charge on any atom is -0.386 e. The maximum atomic E-state index is 9.94. The van der Waals surface area contributed by atoms with Crippen molar-refractivity contribution >= 4 is 0 Å². The van der Waals surface area contributed by atoms with Gasteiger partial charge in [0.2, 0.25) is 0 Å². The fourth-order valence-electron chi connectivity index (χ4n) is 2.57. The Bertz CT molecular complexity index is 383. The van der Waals surface area contributed by atoms with Crippen molar-refractivity contribution < 1.29 is 19.3 Å². The molecule has 0 heterocycles. The van der Waals surface area contributed by atoms with Crippen LogP contribution >= 0.6 is 0 Å². The van der Waals surface area contributed by atoms with Gasteiger partial charge in [-0.15, -0.1) is 0 Å². The molecule has 0 amide bonds. The van der Waals surface area contributed by atoms with Gasteiger partial charge in [0.1, 0.15) is 6.10 Å². The van der Waals surface area contributed by atoms with Crippen molar-refractivity contribution in [2.24, 2.45) is 0 Å². The number of rotatable bonds is 17. The van der Waals surface area contributed by atoms with Gasteiger partial charge < -0.3 is 19.3 Å². The Morgan fingerprint density at radius 1 is 0.720 bits per heavy atom. The van der Waals surface area contributed by atoms with Gasteiger partial charge in [-0.3, -0.25) is 0 Å². The molecule has 0 bridgehead atoms. The fourth-order valence-corrected chi connectivity index (χ4v) is 2.57. The molecule has 1 rings (SSSR count). The zero-order valence-electron chi connectivity index (χ0n) is 15.8. The smallest absolute Gasteiger partial charge is 0.102 e. The summed E-state index contributed by atoms with van der Waals surface area (Å²) in [5.74, 6) is 0. The first-order valence-corrected chi connectivity index (χ1v) is 9.80. The molecule has 0 radical (unpaired) electrons. The summed E-state index contributed by atoms with van der Waals surface area (Å²) in [4.78, 5) is 0. The Kier molecular flexibility index (Phi) is 14.6. The van der Waals surface area contributed by atoms with Crippen LogP contribution in [-0.2, 0) is 14.2 Å². The summed E-state index contributed by atoms with van der Waals surface area (Å²) in [5, 5.41) is 9.94. The monoisotopic (exact) mass is 352 g/mol. The summed E-state index contributed by atoms with van der Waals surface area (Å²) in [6.45, 7) is 5.63. The fraction of sp³-hybridized carbons (Fsp3) is 0.714. The Hall–Kier alpha value is -0.940. The molecule has 1 N–H and O–H groups in total. The Morgan fingerprint density at radius 3 is 1.96 bits per heavy atom. The lowest BCUT2D eigenvalue weighted by atomic mass is 10.1. The highest BCUT2D eigenvalue weighted by Crippen LogP contribution is 2.11. The van der Waals surface area contributed by atoms with E-state index in [0.717, 1.165) is 18.6 Å². The zero-order chi connectivity index (χ0) is 18.0. The number of unbranched alkanes of at least 4 members (excludes halogenated alkanes) is 6. The maximum Gasteiger partial charge on any atom is 0.102 e. The number of benzene rings is 1. The van der Waals surface area contributed by atoms with Gasteiger partial charge in [-0.05, 0) is 12.0 Å². The molecule has 0 aliphatic carbocycles. The average Bonchev–Trinajstić information content (AvgIpc) is 2.65. The van der Waals surface area contributed by atoms with Crippen LogP contribution < -0.4 is 0 Å². The molecule has 25 heavy (non-hydrogen) atoms. The summed E-state index contributed by atoms with van der Waals surface area (Å²) < 4.78 is 16.5. The molecule has 1 atom stereocenters. The molecule has 1 unspecified atom stereocenters. The number of aliphatic hydroxyl groups is 1.